The van der Waals surface area contributed by atoms with Gasteiger partial charge in [-0.1, -0.05) is 17.7 Å². The summed E-state index contributed by atoms with van der Waals surface area (Å²) in [6.07, 6.45) is 4.04. The van der Waals surface area contributed by atoms with E-state index in [-0.39, 0.29) is 23.3 Å². The summed E-state index contributed by atoms with van der Waals surface area (Å²) in [6.45, 7) is 1.74. The molecule has 0 aliphatic carbocycles. The van der Waals surface area contributed by atoms with Crippen molar-refractivity contribution in [3.63, 3.8) is 0 Å². The topological polar surface area (TPSA) is 58.2 Å². The molecule has 0 aromatic heterocycles. The summed E-state index contributed by atoms with van der Waals surface area (Å²) in [5.74, 6) is 0. The normalized spacial score (nSPS) is 28.2. The van der Waals surface area contributed by atoms with Crippen LogP contribution in [0.25, 0.3) is 0 Å². The number of hydrogen-bond acceptors (Lipinski definition) is 3. The lowest BCUT2D eigenvalue weighted by Gasteiger charge is -2.29. The Morgan fingerprint density at radius 1 is 1.24 bits per heavy atom. The molecule has 0 radical (unpaired) electrons. The Kier molecular flexibility index (Phi) is 5.21. The van der Waals surface area contributed by atoms with Gasteiger partial charge in [0.2, 0.25) is 10.0 Å². The molecule has 3 rings (SSSR count). The van der Waals surface area contributed by atoms with Crippen LogP contribution in [0.3, 0.4) is 0 Å². The second kappa shape index (κ2) is 6.42. The van der Waals surface area contributed by atoms with Crippen LogP contribution in [0.2, 0.25) is 5.02 Å². The highest BCUT2D eigenvalue weighted by molar-refractivity contribution is 7.89. The van der Waals surface area contributed by atoms with E-state index in [2.05, 4.69) is 10.0 Å². The minimum atomic E-state index is -3.49. The highest BCUT2D eigenvalue weighted by Gasteiger charge is 2.35. The van der Waals surface area contributed by atoms with Gasteiger partial charge in [0.05, 0.1) is 4.90 Å². The lowest BCUT2D eigenvalue weighted by molar-refractivity contribution is 0.345. The van der Waals surface area contributed by atoms with Crippen molar-refractivity contribution in [2.75, 3.05) is 0 Å². The SMILES string of the molecule is Cc1c(Cl)cccc1S(=O)(=O)NC1CC2CCC(C1)N2.Cl. The van der Waals surface area contributed by atoms with Gasteiger partial charge >= 0.3 is 0 Å². The van der Waals surface area contributed by atoms with E-state index in [1.165, 1.54) is 0 Å². The predicted octanol–water partition coefficient (Wildman–Crippen LogP) is 2.63. The molecule has 21 heavy (non-hydrogen) atoms. The van der Waals surface area contributed by atoms with Crippen molar-refractivity contribution in [2.45, 2.75) is 55.6 Å². The molecule has 2 saturated heterocycles. The highest BCUT2D eigenvalue weighted by Crippen LogP contribution is 2.29. The summed E-state index contributed by atoms with van der Waals surface area (Å²) < 4.78 is 27.9. The number of rotatable bonds is 3. The second-order valence-corrected chi connectivity index (χ2v) is 7.88. The molecule has 2 fully saturated rings. The van der Waals surface area contributed by atoms with Crippen molar-refractivity contribution in [3.05, 3.63) is 28.8 Å². The Labute approximate surface area is 137 Å². The fraction of sp³-hybridized carbons (Fsp3) is 0.571. The molecular weight excluding hydrogens is 331 g/mol. The number of benzene rings is 1. The quantitative estimate of drug-likeness (QED) is 0.880. The molecule has 2 aliphatic rings. The smallest absolute Gasteiger partial charge is 0.241 e. The van der Waals surface area contributed by atoms with Crippen LogP contribution >= 0.6 is 24.0 Å². The first-order valence-electron chi connectivity index (χ1n) is 6.99. The van der Waals surface area contributed by atoms with Gasteiger partial charge in [0.1, 0.15) is 0 Å². The maximum Gasteiger partial charge on any atom is 0.241 e. The van der Waals surface area contributed by atoms with Gasteiger partial charge < -0.3 is 5.32 Å². The predicted molar refractivity (Wildman–Crippen MR) is 86.7 cm³/mol. The summed E-state index contributed by atoms with van der Waals surface area (Å²) in [5.41, 5.74) is 0.610. The van der Waals surface area contributed by atoms with Crippen molar-refractivity contribution in [3.8, 4) is 0 Å². The third-order valence-corrected chi connectivity index (χ3v) is 6.38. The first kappa shape index (κ1) is 17.0. The third kappa shape index (κ3) is 3.54. The molecule has 118 valence electrons. The number of fused-ring (bicyclic) bond motifs is 2. The summed E-state index contributed by atoms with van der Waals surface area (Å²) in [6, 6.07) is 5.94. The molecule has 4 nitrogen and oxygen atoms in total. The van der Waals surface area contributed by atoms with Crippen molar-refractivity contribution in [1.29, 1.82) is 0 Å². The van der Waals surface area contributed by atoms with Crippen LogP contribution in [-0.2, 0) is 10.0 Å². The molecule has 2 aliphatic heterocycles. The van der Waals surface area contributed by atoms with Crippen LogP contribution in [-0.4, -0.2) is 26.5 Å². The molecule has 7 heteroatoms. The van der Waals surface area contributed by atoms with E-state index in [1.807, 2.05) is 0 Å². The fourth-order valence-electron chi connectivity index (χ4n) is 3.32. The summed E-state index contributed by atoms with van der Waals surface area (Å²) >= 11 is 6.02. The standard InChI is InChI=1S/C14H19ClN2O2S.ClH/c1-9-13(15)3-2-4-14(9)20(18,19)17-12-7-10-5-6-11(8-12)16-10;/h2-4,10-12,16-17H,5-8H2,1H3;1H. The van der Waals surface area contributed by atoms with E-state index >= 15 is 0 Å². The van der Waals surface area contributed by atoms with E-state index in [0.29, 0.717) is 22.7 Å². The molecule has 0 spiro atoms. The summed E-state index contributed by atoms with van der Waals surface area (Å²) in [4.78, 5) is 0.288. The minimum absolute atomic E-state index is 0. The molecule has 0 saturated carbocycles. The Morgan fingerprint density at radius 2 is 1.86 bits per heavy atom. The summed E-state index contributed by atoms with van der Waals surface area (Å²) in [5, 5.41) is 3.99. The van der Waals surface area contributed by atoms with E-state index < -0.39 is 10.0 Å². The van der Waals surface area contributed by atoms with Crippen LogP contribution in [0.15, 0.2) is 23.1 Å². The lowest BCUT2D eigenvalue weighted by Crippen LogP contribution is -2.48. The molecule has 2 unspecified atom stereocenters. The molecule has 2 heterocycles. The molecule has 1 aromatic carbocycles. The first-order chi connectivity index (χ1) is 9.45. The third-order valence-electron chi connectivity index (χ3n) is 4.30. The number of hydrogen-bond donors (Lipinski definition) is 2. The fourth-order valence-corrected chi connectivity index (χ4v) is 5.07. The van der Waals surface area contributed by atoms with Gasteiger partial charge in [0.15, 0.2) is 0 Å². The van der Waals surface area contributed by atoms with Gasteiger partial charge in [0, 0.05) is 23.1 Å². The number of nitrogens with one attached hydrogen (secondary N) is 2. The van der Waals surface area contributed by atoms with Crippen molar-refractivity contribution in [2.24, 2.45) is 0 Å². The molecule has 1 aromatic rings. The van der Waals surface area contributed by atoms with Crippen LogP contribution in [0.4, 0.5) is 0 Å². The molecular formula is C14H20Cl2N2O2S. The average molecular weight is 351 g/mol. The Hall–Kier alpha value is -0.330. The average Bonchev–Trinajstić information content (AvgIpc) is 2.71. The van der Waals surface area contributed by atoms with Crippen LogP contribution < -0.4 is 10.0 Å². The number of piperidine rings is 1. The van der Waals surface area contributed by atoms with Crippen molar-refractivity contribution in [1.82, 2.24) is 10.0 Å². The molecule has 2 atom stereocenters. The Bertz CT molecular complexity index is 609. The molecule has 0 amide bonds. The van der Waals surface area contributed by atoms with Gasteiger partial charge in [-0.05, 0) is 50.3 Å². The zero-order valence-electron chi connectivity index (χ0n) is 11.8. The van der Waals surface area contributed by atoms with Gasteiger partial charge in [-0.25, -0.2) is 13.1 Å². The van der Waals surface area contributed by atoms with Crippen LogP contribution in [0, 0.1) is 6.92 Å². The zero-order valence-corrected chi connectivity index (χ0v) is 14.2. The number of halogens is 2. The maximum atomic E-state index is 12.5. The van der Waals surface area contributed by atoms with E-state index in [0.717, 1.165) is 25.7 Å². The monoisotopic (exact) mass is 350 g/mol. The van der Waals surface area contributed by atoms with Crippen molar-refractivity contribution < 1.29 is 8.42 Å². The lowest BCUT2D eigenvalue weighted by atomic mass is 10.0. The minimum Gasteiger partial charge on any atom is -0.311 e. The van der Waals surface area contributed by atoms with E-state index in [1.54, 1.807) is 25.1 Å². The molecule has 2 N–H and O–H groups in total. The highest BCUT2D eigenvalue weighted by atomic mass is 35.5. The van der Waals surface area contributed by atoms with Gasteiger partial charge in [0.25, 0.3) is 0 Å². The number of sulfonamides is 1. The summed E-state index contributed by atoms with van der Waals surface area (Å²) in [7, 11) is -3.49. The van der Waals surface area contributed by atoms with Gasteiger partial charge in [-0.15, -0.1) is 12.4 Å². The Balaban J connectivity index is 0.00000161. The largest absolute Gasteiger partial charge is 0.311 e. The van der Waals surface area contributed by atoms with Gasteiger partial charge in [-0.3, -0.25) is 0 Å². The van der Waals surface area contributed by atoms with E-state index in [9.17, 15) is 8.42 Å². The first-order valence-corrected chi connectivity index (χ1v) is 8.85. The molecule has 2 bridgehead atoms. The van der Waals surface area contributed by atoms with Crippen molar-refractivity contribution >= 4 is 34.0 Å². The second-order valence-electron chi connectivity index (χ2n) is 5.79. The van der Waals surface area contributed by atoms with Gasteiger partial charge in [-0.2, -0.15) is 0 Å². The van der Waals surface area contributed by atoms with E-state index in [4.69, 9.17) is 11.6 Å². The zero-order chi connectivity index (χ0) is 14.3. The van der Waals surface area contributed by atoms with Crippen LogP contribution in [0.5, 0.6) is 0 Å². The Morgan fingerprint density at radius 3 is 2.48 bits per heavy atom. The van der Waals surface area contributed by atoms with Crippen LogP contribution in [0.1, 0.15) is 31.2 Å². The maximum absolute atomic E-state index is 12.5.